The van der Waals surface area contributed by atoms with E-state index in [1.54, 1.807) is 0 Å². The predicted octanol–water partition coefficient (Wildman–Crippen LogP) is 5.08. The molecule has 2 atom stereocenters. The van der Waals surface area contributed by atoms with Crippen molar-refractivity contribution in [3.05, 3.63) is 25.6 Å². The number of rotatable bonds is 3. The van der Waals surface area contributed by atoms with Crippen molar-refractivity contribution in [2.24, 2.45) is 0 Å². The lowest BCUT2D eigenvalue weighted by molar-refractivity contribution is 0.361. The molecule has 2 bridgehead atoms. The van der Waals surface area contributed by atoms with E-state index in [1.807, 2.05) is 0 Å². The van der Waals surface area contributed by atoms with E-state index in [1.165, 1.54) is 40.3 Å². The second-order valence-electron chi connectivity index (χ2n) is 5.74. The monoisotopic (exact) mass is 464 g/mol. The zero-order valence-corrected chi connectivity index (χ0v) is 16.3. The van der Waals surface area contributed by atoms with Gasteiger partial charge in [0.05, 0.1) is 5.69 Å². The van der Waals surface area contributed by atoms with Crippen molar-refractivity contribution in [2.45, 2.75) is 50.7 Å². The van der Waals surface area contributed by atoms with E-state index in [4.69, 9.17) is 0 Å². The highest BCUT2D eigenvalue weighted by Gasteiger charge is 2.41. The van der Waals surface area contributed by atoms with Gasteiger partial charge in [0.2, 0.25) is 0 Å². The van der Waals surface area contributed by atoms with Gasteiger partial charge in [-0.25, -0.2) is 0 Å². The van der Waals surface area contributed by atoms with Crippen molar-refractivity contribution in [3.8, 4) is 0 Å². The summed E-state index contributed by atoms with van der Waals surface area (Å²) in [6.45, 7) is 3.28. The van der Waals surface area contributed by atoms with Gasteiger partial charge in [0.1, 0.15) is 0 Å². The quantitative estimate of drug-likeness (QED) is 0.668. The number of nitrogens with zero attached hydrogens (tertiary/aromatic N) is 1. The second kappa shape index (κ2) is 6.27. The maximum absolute atomic E-state index is 3.74. The van der Waals surface area contributed by atoms with Crippen LogP contribution in [0, 0.1) is 0 Å². The number of benzene rings is 1. The van der Waals surface area contributed by atoms with Gasteiger partial charge in [0.15, 0.2) is 0 Å². The van der Waals surface area contributed by atoms with Gasteiger partial charge in [-0.15, -0.1) is 0 Å². The molecule has 2 aliphatic rings. The fourth-order valence-corrected chi connectivity index (χ4v) is 6.45. The number of piperidine rings is 1. The zero-order valence-electron chi connectivity index (χ0n) is 11.5. The number of halogens is 3. The molecule has 0 amide bonds. The Morgan fingerprint density at radius 1 is 1.10 bits per heavy atom. The zero-order chi connectivity index (χ0) is 14.3. The van der Waals surface area contributed by atoms with Gasteiger partial charge in [0, 0.05) is 31.5 Å². The van der Waals surface area contributed by atoms with E-state index >= 15 is 0 Å². The molecule has 1 aromatic carbocycles. The van der Waals surface area contributed by atoms with Crippen LogP contribution in [-0.4, -0.2) is 24.7 Å². The summed E-state index contributed by atoms with van der Waals surface area (Å²) in [6, 6.07) is 6.34. The first-order valence-electron chi connectivity index (χ1n) is 7.26. The molecule has 0 aromatic heterocycles. The van der Waals surface area contributed by atoms with E-state index in [0.717, 1.165) is 11.0 Å². The molecule has 0 radical (unpaired) electrons. The molecule has 2 fully saturated rings. The lowest BCUT2D eigenvalue weighted by atomic mass is 9.96. The molecule has 0 spiro atoms. The molecule has 2 saturated heterocycles. The van der Waals surface area contributed by atoms with Crippen LogP contribution in [0.4, 0.5) is 5.69 Å². The third kappa shape index (κ3) is 2.83. The van der Waals surface area contributed by atoms with Crippen LogP contribution in [0.15, 0.2) is 25.6 Å². The summed E-state index contributed by atoms with van der Waals surface area (Å²) in [6.07, 6.45) is 5.17. The van der Waals surface area contributed by atoms with Crippen LogP contribution in [0.5, 0.6) is 0 Å². The summed E-state index contributed by atoms with van der Waals surface area (Å²) in [7, 11) is 0. The molecule has 2 unspecified atom stereocenters. The van der Waals surface area contributed by atoms with Gasteiger partial charge in [0.25, 0.3) is 0 Å². The Labute approximate surface area is 146 Å². The molecule has 0 saturated carbocycles. The van der Waals surface area contributed by atoms with Crippen molar-refractivity contribution >= 4 is 53.5 Å². The summed E-state index contributed by atoms with van der Waals surface area (Å²) < 4.78 is 3.46. The van der Waals surface area contributed by atoms with Crippen molar-refractivity contribution in [3.63, 3.8) is 0 Å². The highest BCUT2D eigenvalue weighted by atomic mass is 79.9. The minimum atomic E-state index is 0.673. The number of fused-ring (bicyclic) bond motifs is 2. The van der Waals surface area contributed by atoms with E-state index < -0.39 is 0 Å². The van der Waals surface area contributed by atoms with Crippen molar-refractivity contribution in [1.82, 2.24) is 5.32 Å². The van der Waals surface area contributed by atoms with Gasteiger partial charge in [-0.05, 0) is 76.2 Å². The van der Waals surface area contributed by atoms with Crippen LogP contribution in [-0.2, 0) is 0 Å². The minimum absolute atomic E-state index is 0.673. The van der Waals surface area contributed by atoms with Crippen molar-refractivity contribution in [1.29, 1.82) is 0 Å². The molecule has 0 aliphatic carbocycles. The smallest absolute Gasteiger partial charge is 0.0660 e. The lowest BCUT2D eigenvalue weighted by Gasteiger charge is -2.41. The van der Waals surface area contributed by atoms with Crippen molar-refractivity contribution < 1.29 is 0 Å². The van der Waals surface area contributed by atoms with Gasteiger partial charge in [-0.2, -0.15) is 0 Å². The molecule has 1 N–H and O–H groups in total. The molecule has 110 valence electrons. The lowest BCUT2D eigenvalue weighted by Crippen LogP contribution is -2.49. The van der Waals surface area contributed by atoms with Gasteiger partial charge < -0.3 is 10.2 Å². The standard InChI is InChI=1S/C15H19Br3N2/c1-2-19-10-7-11-3-4-12(8-10)20(11)15-13(17)5-9(16)6-14(15)18/h5-6,10-12,19H,2-4,7-8H2,1H3. The summed E-state index contributed by atoms with van der Waals surface area (Å²) in [5.74, 6) is 0. The summed E-state index contributed by atoms with van der Waals surface area (Å²) >= 11 is 11.0. The van der Waals surface area contributed by atoms with E-state index in [-0.39, 0.29) is 0 Å². The molecule has 20 heavy (non-hydrogen) atoms. The first-order valence-corrected chi connectivity index (χ1v) is 9.64. The first kappa shape index (κ1) is 15.3. The molecule has 1 aromatic rings. The number of hydrogen-bond donors (Lipinski definition) is 1. The summed E-state index contributed by atoms with van der Waals surface area (Å²) in [4.78, 5) is 2.65. The molecule has 2 aliphatic heterocycles. The third-order valence-electron chi connectivity index (χ3n) is 4.47. The largest absolute Gasteiger partial charge is 0.364 e. The third-order valence-corrected chi connectivity index (χ3v) is 6.13. The second-order valence-corrected chi connectivity index (χ2v) is 8.36. The normalized spacial score (nSPS) is 29.0. The highest BCUT2D eigenvalue weighted by Crippen LogP contribution is 2.46. The molecule has 5 heteroatoms. The Kier molecular flexibility index (Phi) is 4.80. The Bertz CT molecular complexity index is 469. The van der Waals surface area contributed by atoms with Crippen LogP contribution < -0.4 is 10.2 Å². The number of anilines is 1. The molecule has 2 heterocycles. The fraction of sp³-hybridized carbons (Fsp3) is 0.600. The summed E-state index contributed by atoms with van der Waals surface area (Å²) in [5, 5.41) is 3.64. The van der Waals surface area contributed by atoms with E-state index in [2.05, 4.69) is 77.1 Å². The topological polar surface area (TPSA) is 15.3 Å². The van der Waals surface area contributed by atoms with Crippen LogP contribution in [0.3, 0.4) is 0 Å². The molecular formula is C15H19Br3N2. The van der Waals surface area contributed by atoms with Crippen LogP contribution in [0.1, 0.15) is 32.6 Å². The number of hydrogen-bond acceptors (Lipinski definition) is 2. The van der Waals surface area contributed by atoms with Crippen LogP contribution >= 0.6 is 47.8 Å². The van der Waals surface area contributed by atoms with Gasteiger partial charge in [-0.1, -0.05) is 22.9 Å². The number of nitrogens with one attached hydrogen (secondary N) is 1. The highest BCUT2D eigenvalue weighted by molar-refractivity contribution is 9.11. The maximum atomic E-state index is 3.74. The molecule has 3 rings (SSSR count). The van der Waals surface area contributed by atoms with Gasteiger partial charge >= 0.3 is 0 Å². The first-order chi connectivity index (χ1) is 9.60. The van der Waals surface area contributed by atoms with Crippen LogP contribution in [0.2, 0.25) is 0 Å². The Morgan fingerprint density at radius 3 is 2.15 bits per heavy atom. The predicted molar refractivity (Wildman–Crippen MR) is 95.5 cm³/mol. The Hall–Kier alpha value is 0.420. The van der Waals surface area contributed by atoms with E-state index in [9.17, 15) is 0 Å². The molecule has 2 nitrogen and oxygen atoms in total. The maximum Gasteiger partial charge on any atom is 0.0660 e. The van der Waals surface area contributed by atoms with Crippen molar-refractivity contribution in [2.75, 3.05) is 11.4 Å². The molecular weight excluding hydrogens is 448 g/mol. The summed E-state index contributed by atoms with van der Waals surface area (Å²) in [5.41, 5.74) is 1.33. The van der Waals surface area contributed by atoms with Gasteiger partial charge in [-0.3, -0.25) is 0 Å². The fourth-order valence-electron chi connectivity index (χ4n) is 3.78. The Morgan fingerprint density at radius 2 is 1.65 bits per heavy atom. The minimum Gasteiger partial charge on any atom is -0.364 e. The average molecular weight is 467 g/mol. The average Bonchev–Trinajstić information content (AvgIpc) is 2.62. The van der Waals surface area contributed by atoms with E-state index in [0.29, 0.717) is 18.1 Å². The Balaban J connectivity index is 1.89. The van der Waals surface area contributed by atoms with Crippen LogP contribution in [0.25, 0.3) is 0 Å². The SMILES string of the molecule is CCNC1CC2CCC(C1)N2c1c(Br)cc(Br)cc1Br.